The lowest BCUT2D eigenvalue weighted by Gasteiger charge is -2.14. The molecule has 2 heterocycles. The lowest BCUT2D eigenvalue weighted by molar-refractivity contribution is -0.142. The first kappa shape index (κ1) is 21.4. The van der Waals surface area contributed by atoms with E-state index in [-0.39, 0.29) is 36.1 Å². The number of hydrogen-bond donors (Lipinski definition) is 2. The number of carbonyl (C=O) groups excluding carboxylic acids is 2. The molecule has 1 aromatic heterocycles. The number of carboxylic acid groups (broad SMARTS) is 1. The maximum absolute atomic E-state index is 12.8. The third-order valence-electron chi connectivity index (χ3n) is 7.42. The number of ether oxygens (including phenoxy) is 1. The number of amides is 2. The molecule has 1 saturated carbocycles. The fraction of sp³-hybridized carbons (Fsp3) is 0.308. The number of nitrogens with one attached hydrogen (secondary N) is 1. The third-order valence-corrected chi connectivity index (χ3v) is 7.42. The first-order valence-electron chi connectivity index (χ1n) is 11.6. The molecule has 2 amide bonds. The summed E-state index contributed by atoms with van der Waals surface area (Å²) in [6.45, 7) is 0.688. The summed E-state index contributed by atoms with van der Waals surface area (Å²) in [6.07, 6.45) is 0.897. The maximum Gasteiger partial charge on any atom is 0.414 e. The van der Waals surface area contributed by atoms with Gasteiger partial charge >= 0.3 is 12.1 Å². The Morgan fingerprint density at radius 2 is 1.74 bits per heavy atom. The van der Waals surface area contributed by atoms with Crippen molar-refractivity contribution in [3.63, 3.8) is 0 Å². The van der Waals surface area contributed by atoms with Crippen LogP contribution in [0, 0.1) is 11.3 Å². The largest absolute Gasteiger partial charge is 0.481 e. The summed E-state index contributed by atoms with van der Waals surface area (Å²) in [6, 6.07) is 17.4. The summed E-state index contributed by atoms with van der Waals surface area (Å²) < 4.78 is 10.6. The number of aromatic nitrogens is 1. The molecule has 0 radical (unpaired) electrons. The predicted octanol–water partition coefficient (Wildman–Crippen LogP) is 3.97. The van der Waals surface area contributed by atoms with Crippen molar-refractivity contribution in [1.29, 1.82) is 0 Å². The van der Waals surface area contributed by atoms with Crippen molar-refractivity contribution in [2.45, 2.75) is 18.8 Å². The molecule has 0 bridgehead atoms. The average Bonchev–Trinajstić information content (AvgIpc) is 3.18. The zero-order valence-electron chi connectivity index (χ0n) is 18.8. The zero-order chi connectivity index (χ0) is 24.2. The molecule has 2 aliphatic carbocycles. The van der Waals surface area contributed by atoms with Crippen LogP contribution >= 0.6 is 0 Å². The van der Waals surface area contributed by atoms with E-state index in [1.165, 1.54) is 11.0 Å². The van der Waals surface area contributed by atoms with E-state index in [0.29, 0.717) is 6.54 Å². The highest BCUT2D eigenvalue weighted by molar-refractivity contribution is 5.94. The van der Waals surface area contributed by atoms with E-state index in [4.69, 9.17) is 9.26 Å². The fourth-order valence-corrected chi connectivity index (χ4v) is 5.46. The first-order chi connectivity index (χ1) is 16.9. The van der Waals surface area contributed by atoms with Gasteiger partial charge in [-0.2, -0.15) is 0 Å². The van der Waals surface area contributed by atoms with Crippen molar-refractivity contribution in [2.24, 2.45) is 11.3 Å². The minimum absolute atomic E-state index is 0.0133. The number of carboxylic acids is 1. The molecule has 1 saturated heterocycles. The van der Waals surface area contributed by atoms with Crippen molar-refractivity contribution < 1.29 is 28.8 Å². The lowest BCUT2D eigenvalue weighted by Crippen LogP contribution is -2.30. The van der Waals surface area contributed by atoms with E-state index < -0.39 is 23.9 Å². The average molecular weight is 473 g/mol. The topological polar surface area (TPSA) is 122 Å². The molecule has 9 nitrogen and oxygen atoms in total. The Labute approximate surface area is 200 Å². The molecule has 6 rings (SSSR count). The van der Waals surface area contributed by atoms with Gasteiger partial charge in [-0.25, -0.2) is 4.79 Å². The summed E-state index contributed by atoms with van der Waals surface area (Å²) in [4.78, 5) is 38.3. The van der Waals surface area contributed by atoms with Gasteiger partial charge in [0.15, 0.2) is 5.69 Å². The quantitative estimate of drug-likeness (QED) is 0.575. The maximum atomic E-state index is 12.8. The number of nitrogens with zero attached hydrogens (tertiary/aromatic N) is 2. The van der Waals surface area contributed by atoms with E-state index in [2.05, 4.69) is 22.6 Å². The number of likely N-dealkylation sites (tertiary alicyclic amines) is 1. The van der Waals surface area contributed by atoms with Gasteiger partial charge in [-0.3, -0.25) is 14.9 Å². The minimum atomic E-state index is -0.879. The highest BCUT2D eigenvalue weighted by Gasteiger charge is 2.59. The molecule has 9 heteroatoms. The van der Waals surface area contributed by atoms with E-state index in [9.17, 15) is 19.5 Å². The van der Waals surface area contributed by atoms with Crippen LogP contribution in [0.4, 0.5) is 10.7 Å². The van der Waals surface area contributed by atoms with Crippen LogP contribution in [0.5, 0.6) is 0 Å². The van der Waals surface area contributed by atoms with Gasteiger partial charge in [-0.05, 0) is 35.1 Å². The Hall–Kier alpha value is -4.14. The van der Waals surface area contributed by atoms with Crippen LogP contribution in [-0.4, -0.2) is 52.8 Å². The van der Waals surface area contributed by atoms with Crippen LogP contribution in [0.2, 0.25) is 0 Å². The first-order valence-corrected chi connectivity index (χ1v) is 11.6. The second-order valence-electron chi connectivity index (χ2n) is 9.47. The molecule has 1 unspecified atom stereocenters. The molecule has 1 spiro atoms. The van der Waals surface area contributed by atoms with Gasteiger partial charge in [0.25, 0.3) is 5.91 Å². The SMILES string of the molecule is O=C(Nc1cc(C(=O)N2CC(C(=O)O)C3(CC3)C2)no1)OCC1c2ccccc2-c2ccccc21. The zero-order valence-corrected chi connectivity index (χ0v) is 18.8. The second kappa shape index (κ2) is 7.97. The van der Waals surface area contributed by atoms with Gasteiger partial charge in [-0.15, -0.1) is 0 Å². The monoisotopic (exact) mass is 473 g/mol. The van der Waals surface area contributed by atoms with Crippen LogP contribution in [0.25, 0.3) is 11.1 Å². The van der Waals surface area contributed by atoms with Crippen molar-refractivity contribution >= 4 is 23.9 Å². The molecule has 35 heavy (non-hydrogen) atoms. The predicted molar refractivity (Wildman–Crippen MR) is 124 cm³/mol. The standard InChI is InChI=1S/C26H23N3O6/c30-23(29-12-20(24(31)32)26(14-29)9-10-26)21-11-22(35-28-21)27-25(33)34-13-19-17-7-3-1-5-15(17)16-6-2-4-8-18(16)19/h1-8,11,19-20H,9-10,12-14H2,(H,27,33)(H,31,32). The van der Waals surface area contributed by atoms with Crippen LogP contribution < -0.4 is 5.32 Å². The van der Waals surface area contributed by atoms with Crippen LogP contribution in [0.1, 0.15) is 40.4 Å². The van der Waals surface area contributed by atoms with Gasteiger partial charge in [0.05, 0.1) is 5.92 Å². The van der Waals surface area contributed by atoms with E-state index in [1.54, 1.807) is 0 Å². The van der Waals surface area contributed by atoms with Gasteiger partial charge in [0.1, 0.15) is 6.61 Å². The Morgan fingerprint density at radius 1 is 1.09 bits per heavy atom. The number of benzene rings is 2. The number of anilines is 1. The molecule has 178 valence electrons. The van der Waals surface area contributed by atoms with Crippen LogP contribution in [0.15, 0.2) is 59.1 Å². The van der Waals surface area contributed by atoms with Crippen molar-refractivity contribution in [3.8, 4) is 11.1 Å². The van der Waals surface area contributed by atoms with Crippen LogP contribution in [-0.2, 0) is 9.53 Å². The fourth-order valence-electron chi connectivity index (χ4n) is 5.46. The minimum Gasteiger partial charge on any atom is -0.481 e. The van der Waals surface area contributed by atoms with Crippen molar-refractivity contribution in [2.75, 3.05) is 25.0 Å². The smallest absolute Gasteiger partial charge is 0.414 e. The number of hydrogen-bond acceptors (Lipinski definition) is 6. The lowest BCUT2D eigenvalue weighted by atomic mass is 9.93. The highest BCUT2D eigenvalue weighted by atomic mass is 16.6. The molecule has 3 aliphatic rings. The van der Waals surface area contributed by atoms with E-state index >= 15 is 0 Å². The van der Waals surface area contributed by atoms with Crippen molar-refractivity contribution in [1.82, 2.24) is 10.1 Å². The van der Waals surface area contributed by atoms with Gasteiger partial charge in [0, 0.05) is 30.5 Å². The molecule has 1 aliphatic heterocycles. The number of rotatable bonds is 5. The Bertz CT molecular complexity index is 1300. The molecule has 3 aromatic rings. The van der Waals surface area contributed by atoms with Crippen LogP contribution in [0.3, 0.4) is 0 Å². The van der Waals surface area contributed by atoms with Crippen molar-refractivity contribution in [3.05, 3.63) is 71.4 Å². The Kier molecular flexibility index (Phi) is 4.87. The molecule has 2 N–H and O–H groups in total. The van der Waals surface area contributed by atoms with Gasteiger partial charge < -0.3 is 19.3 Å². The molecular formula is C26H23N3O6. The highest BCUT2D eigenvalue weighted by Crippen LogP contribution is 2.56. The van der Waals surface area contributed by atoms with E-state index in [1.807, 2.05) is 36.4 Å². The molecule has 2 aromatic carbocycles. The summed E-state index contributed by atoms with van der Waals surface area (Å²) in [7, 11) is 0. The second-order valence-corrected chi connectivity index (χ2v) is 9.47. The summed E-state index contributed by atoms with van der Waals surface area (Å²) in [5.41, 5.74) is 4.18. The van der Waals surface area contributed by atoms with E-state index in [0.717, 1.165) is 35.1 Å². The summed E-state index contributed by atoms with van der Waals surface area (Å²) in [5.74, 6) is -1.94. The Morgan fingerprint density at radius 3 is 2.34 bits per heavy atom. The number of fused-ring (bicyclic) bond motifs is 3. The van der Waals surface area contributed by atoms with Gasteiger partial charge in [0.2, 0.25) is 5.88 Å². The summed E-state index contributed by atoms with van der Waals surface area (Å²) >= 11 is 0. The molecule has 2 fully saturated rings. The Balaban J connectivity index is 1.09. The molecular weight excluding hydrogens is 450 g/mol. The number of carbonyl (C=O) groups is 3. The van der Waals surface area contributed by atoms with Gasteiger partial charge in [-0.1, -0.05) is 53.7 Å². The number of aliphatic carboxylic acids is 1. The third kappa shape index (κ3) is 3.63. The normalized spacial score (nSPS) is 19.3. The summed E-state index contributed by atoms with van der Waals surface area (Å²) in [5, 5.41) is 15.7. The molecule has 1 atom stereocenters.